The van der Waals surface area contributed by atoms with Crippen LogP contribution in [-0.2, 0) is 0 Å². The van der Waals surface area contributed by atoms with Crippen LogP contribution in [-0.4, -0.2) is 23.8 Å². The second-order valence-corrected chi connectivity index (χ2v) is 5.32. The summed E-state index contributed by atoms with van der Waals surface area (Å²) < 4.78 is 0.933. The van der Waals surface area contributed by atoms with E-state index in [0.29, 0.717) is 5.56 Å². The average molecular weight is 289 g/mol. The van der Waals surface area contributed by atoms with Gasteiger partial charge in [0.15, 0.2) is 0 Å². The molecule has 15 heavy (non-hydrogen) atoms. The van der Waals surface area contributed by atoms with Crippen molar-refractivity contribution in [2.45, 2.75) is 11.8 Å². The Morgan fingerprint density at radius 1 is 1.60 bits per heavy atom. The van der Waals surface area contributed by atoms with Crippen molar-refractivity contribution in [3.8, 4) is 0 Å². The summed E-state index contributed by atoms with van der Waals surface area (Å²) in [5, 5.41) is 8.89. The number of aldehydes is 1. The first kappa shape index (κ1) is 12.7. The fourth-order valence-corrected chi connectivity index (χ4v) is 2.66. The van der Waals surface area contributed by atoms with Crippen LogP contribution in [0.5, 0.6) is 0 Å². The van der Waals surface area contributed by atoms with Gasteiger partial charge >= 0.3 is 0 Å². The molecule has 0 aliphatic rings. The molecule has 0 fully saturated rings. The van der Waals surface area contributed by atoms with Crippen LogP contribution in [0.25, 0.3) is 0 Å². The molecule has 1 atom stereocenters. The van der Waals surface area contributed by atoms with E-state index in [-0.39, 0.29) is 12.5 Å². The Morgan fingerprint density at radius 2 is 2.33 bits per heavy atom. The monoisotopic (exact) mass is 288 g/mol. The van der Waals surface area contributed by atoms with Crippen LogP contribution in [0.1, 0.15) is 17.3 Å². The summed E-state index contributed by atoms with van der Waals surface area (Å²) in [6.07, 6.45) is 0.829. The maximum absolute atomic E-state index is 10.5. The standard InChI is InChI=1S/C11H13BrO2S/c1-8(5-13)7-15-11-3-2-9(6-14)4-10(11)12/h2-4,6,8,13H,5,7H2,1H3. The number of halogens is 1. The van der Waals surface area contributed by atoms with Gasteiger partial charge in [0.25, 0.3) is 0 Å². The van der Waals surface area contributed by atoms with Gasteiger partial charge in [-0.05, 0) is 34.0 Å². The predicted octanol–water partition coefficient (Wildman–Crippen LogP) is 2.98. The minimum atomic E-state index is 0.205. The Labute approximate surface area is 102 Å². The summed E-state index contributed by atoms with van der Waals surface area (Å²) >= 11 is 5.09. The fourth-order valence-electron chi connectivity index (χ4n) is 0.992. The quantitative estimate of drug-likeness (QED) is 0.669. The van der Waals surface area contributed by atoms with Crippen LogP contribution >= 0.6 is 27.7 Å². The van der Waals surface area contributed by atoms with Crippen molar-refractivity contribution in [3.63, 3.8) is 0 Å². The van der Waals surface area contributed by atoms with Crippen molar-refractivity contribution in [2.75, 3.05) is 12.4 Å². The lowest BCUT2D eigenvalue weighted by atomic mass is 10.2. The molecule has 1 rings (SSSR count). The molecular weight excluding hydrogens is 276 g/mol. The molecule has 0 heterocycles. The summed E-state index contributed by atoms with van der Waals surface area (Å²) in [6.45, 7) is 2.21. The normalized spacial score (nSPS) is 12.5. The Hall–Kier alpha value is -0.320. The molecule has 1 N–H and O–H groups in total. The van der Waals surface area contributed by atoms with E-state index in [9.17, 15) is 4.79 Å². The molecule has 0 amide bonds. The first-order valence-corrected chi connectivity index (χ1v) is 6.43. The molecule has 0 radical (unpaired) electrons. The maximum atomic E-state index is 10.5. The molecule has 0 spiro atoms. The van der Waals surface area contributed by atoms with E-state index in [1.54, 1.807) is 23.9 Å². The summed E-state index contributed by atoms with van der Waals surface area (Å²) in [5.74, 6) is 1.16. The van der Waals surface area contributed by atoms with Crippen LogP contribution in [0.15, 0.2) is 27.6 Å². The Kier molecular flexibility index (Phi) is 5.36. The topological polar surface area (TPSA) is 37.3 Å². The van der Waals surface area contributed by atoms with E-state index >= 15 is 0 Å². The highest BCUT2D eigenvalue weighted by Gasteiger charge is 2.05. The van der Waals surface area contributed by atoms with Crippen LogP contribution in [0.2, 0.25) is 0 Å². The summed E-state index contributed by atoms with van der Waals surface area (Å²) in [5.41, 5.74) is 0.668. The SMILES string of the molecule is CC(CO)CSc1ccc(C=O)cc1Br. The molecule has 1 aromatic carbocycles. The number of carbonyl (C=O) groups excluding carboxylic acids is 1. The van der Waals surface area contributed by atoms with E-state index in [1.807, 2.05) is 13.0 Å². The van der Waals surface area contributed by atoms with Crippen LogP contribution in [0.4, 0.5) is 0 Å². The lowest BCUT2D eigenvalue weighted by molar-refractivity contribution is 0.112. The molecule has 0 saturated carbocycles. The minimum absolute atomic E-state index is 0.205. The molecule has 0 aliphatic heterocycles. The van der Waals surface area contributed by atoms with Crippen molar-refractivity contribution < 1.29 is 9.90 Å². The lowest BCUT2D eigenvalue weighted by Crippen LogP contribution is -2.03. The lowest BCUT2D eigenvalue weighted by Gasteiger charge is -2.08. The van der Waals surface area contributed by atoms with E-state index in [0.717, 1.165) is 21.4 Å². The molecule has 0 bridgehead atoms. The Balaban J connectivity index is 2.65. The smallest absolute Gasteiger partial charge is 0.150 e. The zero-order chi connectivity index (χ0) is 11.3. The van der Waals surface area contributed by atoms with Gasteiger partial charge in [0.2, 0.25) is 0 Å². The van der Waals surface area contributed by atoms with E-state index in [1.165, 1.54) is 0 Å². The van der Waals surface area contributed by atoms with Crippen molar-refractivity contribution in [2.24, 2.45) is 5.92 Å². The number of carbonyl (C=O) groups is 1. The van der Waals surface area contributed by atoms with Crippen LogP contribution < -0.4 is 0 Å². The summed E-state index contributed by atoms with van der Waals surface area (Å²) in [7, 11) is 0. The minimum Gasteiger partial charge on any atom is -0.396 e. The first-order valence-electron chi connectivity index (χ1n) is 4.65. The third-order valence-electron chi connectivity index (χ3n) is 1.93. The Bertz CT molecular complexity index is 341. The third-order valence-corrected chi connectivity index (χ3v) is 4.25. The van der Waals surface area contributed by atoms with Gasteiger partial charge in [0, 0.05) is 27.3 Å². The van der Waals surface area contributed by atoms with Gasteiger partial charge in [-0.1, -0.05) is 13.0 Å². The van der Waals surface area contributed by atoms with Crippen LogP contribution in [0, 0.1) is 5.92 Å². The number of rotatable bonds is 5. The van der Waals surface area contributed by atoms with Gasteiger partial charge in [0.05, 0.1) is 0 Å². The number of benzene rings is 1. The molecule has 0 saturated heterocycles. The van der Waals surface area contributed by atoms with Gasteiger partial charge in [-0.3, -0.25) is 4.79 Å². The molecule has 82 valence electrons. The number of hydrogen-bond acceptors (Lipinski definition) is 3. The van der Waals surface area contributed by atoms with E-state index < -0.39 is 0 Å². The largest absolute Gasteiger partial charge is 0.396 e. The van der Waals surface area contributed by atoms with E-state index in [4.69, 9.17) is 5.11 Å². The highest BCUT2D eigenvalue weighted by atomic mass is 79.9. The maximum Gasteiger partial charge on any atom is 0.150 e. The van der Waals surface area contributed by atoms with Crippen molar-refractivity contribution in [3.05, 3.63) is 28.2 Å². The third kappa shape index (κ3) is 3.97. The zero-order valence-electron chi connectivity index (χ0n) is 8.44. The van der Waals surface area contributed by atoms with Gasteiger partial charge < -0.3 is 5.11 Å². The number of aliphatic hydroxyl groups is 1. The fraction of sp³-hybridized carbons (Fsp3) is 0.364. The van der Waals surface area contributed by atoms with Crippen LogP contribution in [0.3, 0.4) is 0 Å². The van der Waals surface area contributed by atoms with Gasteiger partial charge in [-0.15, -0.1) is 11.8 Å². The zero-order valence-corrected chi connectivity index (χ0v) is 10.8. The summed E-state index contributed by atoms with van der Waals surface area (Å²) in [4.78, 5) is 11.6. The molecule has 2 nitrogen and oxygen atoms in total. The first-order chi connectivity index (χ1) is 7.17. The second-order valence-electron chi connectivity index (χ2n) is 3.41. The highest BCUT2D eigenvalue weighted by molar-refractivity contribution is 9.10. The highest BCUT2D eigenvalue weighted by Crippen LogP contribution is 2.29. The predicted molar refractivity (Wildman–Crippen MR) is 66.5 cm³/mol. The molecule has 4 heteroatoms. The second kappa shape index (κ2) is 6.30. The molecule has 1 aromatic rings. The number of thioether (sulfide) groups is 1. The van der Waals surface area contributed by atoms with Gasteiger partial charge in [-0.2, -0.15) is 0 Å². The van der Waals surface area contributed by atoms with Crippen molar-refractivity contribution >= 4 is 34.0 Å². The average Bonchev–Trinajstić information content (AvgIpc) is 2.26. The number of aliphatic hydroxyl groups excluding tert-OH is 1. The van der Waals surface area contributed by atoms with E-state index in [2.05, 4.69) is 15.9 Å². The molecular formula is C11H13BrO2S. The Morgan fingerprint density at radius 3 is 2.87 bits per heavy atom. The molecule has 0 aliphatic carbocycles. The summed E-state index contributed by atoms with van der Waals surface area (Å²) in [6, 6.07) is 5.52. The van der Waals surface area contributed by atoms with Crippen molar-refractivity contribution in [1.82, 2.24) is 0 Å². The molecule has 1 unspecified atom stereocenters. The van der Waals surface area contributed by atoms with Gasteiger partial charge in [-0.25, -0.2) is 0 Å². The van der Waals surface area contributed by atoms with Crippen molar-refractivity contribution in [1.29, 1.82) is 0 Å². The molecule has 0 aromatic heterocycles. The number of hydrogen-bond donors (Lipinski definition) is 1. The van der Waals surface area contributed by atoms with Gasteiger partial charge in [0.1, 0.15) is 6.29 Å².